The molecular formula is C24H31N3O3S. The van der Waals surface area contributed by atoms with Crippen molar-refractivity contribution in [2.75, 3.05) is 19.7 Å². The maximum Gasteiger partial charge on any atom is 0.259 e. The van der Waals surface area contributed by atoms with E-state index in [-0.39, 0.29) is 12.2 Å². The van der Waals surface area contributed by atoms with E-state index >= 15 is 0 Å². The number of aryl methyl sites for hydroxylation is 2. The average molecular weight is 442 g/mol. The van der Waals surface area contributed by atoms with E-state index in [1.54, 1.807) is 11.3 Å². The Labute approximate surface area is 186 Å². The van der Waals surface area contributed by atoms with E-state index in [1.165, 1.54) is 10.4 Å². The molecule has 0 bridgehead atoms. The van der Waals surface area contributed by atoms with Crippen molar-refractivity contribution in [1.82, 2.24) is 14.9 Å². The zero-order valence-corrected chi connectivity index (χ0v) is 19.1. The standard InChI is InChI=1S/C24H31N3O3S/c1-16(2)11-27(12-18(28)15-30-14-17-7-4-3-5-8-17)13-21-25-23(29)22-19-9-6-10-20(19)31-24(22)26-21/h3-5,7-8,16,18,28H,6,9-15H2,1-2H3,(H,25,26,29). The third-order valence-corrected chi connectivity index (χ3v) is 6.70. The van der Waals surface area contributed by atoms with E-state index in [4.69, 9.17) is 9.72 Å². The van der Waals surface area contributed by atoms with Crippen LogP contribution in [0.15, 0.2) is 35.1 Å². The van der Waals surface area contributed by atoms with Gasteiger partial charge >= 0.3 is 0 Å². The quantitative estimate of drug-likeness (QED) is 0.503. The fraction of sp³-hybridized carbons (Fsp3) is 0.500. The van der Waals surface area contributed by atoms with Crippen LogP contribution in [0.5, 0.6) is 0 Å². The normalized spacial score (nSPS) is 14.6. The van der Waals surface area contributed by atoms with Crippen LogP contribution in [-0.2, 0) is 30.7 Å². The van der Waals surface area contributed by atoms with E-state index in [0.717, 1.165) is 41.6 Å². The van der Waals surface area contributed by atoms with E-state index < -0.39 is 6.10 Å². The summed E-state index contributed by atoms with van der Waals surface area (Å²) in [7, 11) is 0. The van der Waals surface area contributed by atoms with E-state index in [9.17, 15) is 9.90 Å². The smallest absolute Gasteiger partial charge is 0.259 e. The van der Waals surface area contributed by atoms with Crippen LogP contribution in [0.25, 0.3) is 10.2 Å². The second-order valence-corrected chi connectivity index (χ2v) is 9.88. The van der Waals surface area contributed by atoms with Crippen LogP contribution in [0.2, 0.25) is 0 Å². The lowest BCUT2D eigenvalue weighted by atomic mass is 10.2. The molecule has 0 saturated heterocycles. The average Bonchev–Trinajstić information content (AvgIpc) is 3.29. The van der Waals surface area contributed by atoms with Gasteiger partial charge in [-0.25, -0.2) is 4.98 Å². The molecule has 1 unspecified atom stereocenters. The molecule has 6 nitrogen and oxygen atoms in total. The molecule has 2 N–H and O–H groups in total. The number of hydrogen-bond acceptors (Lipinski definition) is 6. The monoisotopic (exact) mass is 441 g/mol. The molecule has 1 aromatic carbocycles. The zero-order chi connectivity index (χ0) is 21.8. The number of aromatic nitrogens is 2. The Hall–Kier alpha value is -2.06. The van der Waals surface area contributed by atoms with E-state index in [1.807, 2.05) is 30.3 Å². The molecule has 166 valence electrons. The number of benzene rings is 1. The predicted octanol–water partition coefficient (Wildman–Crippen LogP) is 3.51. The van der Waals surface area contributed by atoms with Crippen molar-refractivity contribution in [3.63, 3.8) is 0 Å². The van der Waals surface area contributed by atoms with Crippen LogP contribution in [-0.4, -0.2) is 45.8 Å². The number of rotatable bonds is 10. The van der Waals surface area contributed by atoms with Gasteiger partial charge in [0.15, 0.2) is 0 Å². The minimum absolute atomic E-state index is 0.0318. The highest BCUT2D eigenvalue weighted by Gasteiger charge is 2.22. The van der Waals surface area contributed by atoms with Crippen molar-refractivity contribution in [2.45, 2.75) is 52.4 Å². The SMILES string of the molecule is CC(C)CN(Cc1nc2sc3c(c2c(=O)[nH]1)CCC3)CC(O)COCc1ccccc1. The number of aromatic amines is 1. The molecule has 0 amide bonds. The van der Waals surface area contributed by atoms with Crippen LogP contribution in [0.3, 0.4) is 0 Å². The number of ether oxygens (including phenoxy) is 1. The van der Waals surface area contributed by atoms with Crippen molar-refractivity contribution in [2.24, 2.45) is 5.92 Å². The molecule has 1 atom stereocenters. The van der Waals surface area contributed by atoms with Crippen LogP contribution in [0.4, 0.5) is 0 Å². The lowest BCUT2D eigenvalue weighted by Crippen LogP contribution is -2.37. The Kier molecular flexibility index (Phi) is 7.17. The van der Waals surface area contributed by atoms with Gasteiger partial charge in [0.25, 0.3) is 5.56 Å². The fourth-order valence-electron chi connectivity index (χ4n) is 4.29. The number of aliphatic hydroxyl groups excluding tert-OH is 1. The molecule has 31 heavy (non-hydrogen) atoms. The first-order chi connectivity index (χ1) is 15.0. The Morgan fingerprint density at radius 3 is 2.81 bits per heavy atom. The van der Waals surface area contributed by atoms with Crippen molar-refractivity contribution in [3.8, 4) is 0 Å². The minimum atomic E-state index is -0.608. The molecule has 0 aliphatic heterocycles. The summed E-state index contributed by atoms with van der Waals surface area (Å²) in [6.07, 6.45) is 2.56. The Morgan fingerprint density at radius 2 is 2.03 bits per heavy atom. The summed E-state index contributed by atoms with van der Waals surface area (Å²) in [6, 6.07) is 9.95. The van der Waals surface area contributed by atoms with Crippen LogP contribution >= 0.6 is 11.3 Å². The highest BCUT2D eigenvalue weighted by Crippen LogP contribution is 2.34. The molecule has 4 rings (SSSR count). The maximum atomic E-state index is 12.7. The van der Waals surface area contributed by atoms with Crippen molar-refractivity contribution in [1.29, 1.82) is 0 Å². The molecular weight excluding hydrogens is 410 g/mol. The highest BCUT2D eigenvalue weighted by atomic mass is 32.1. The lowest BCUT2D eigenvalue weighted by molar-refractivity contribution is 0.00639. The molecule has 1 aliphatic carbocycles. The summed E-state index contributed by atoms with van der Waals surface area (Å²) in [6.45, 7) is 6.82. The molecule has 2 aromatic heterocycles. The molecule has 0 spiro atoms. The summed E-state index contributed by atoms with van der Waals surface area (Å²) in [5.74, 6) is 1.09. The van der Waals surface area contributed by atoms with Crippen LogP contribution in [0.1, 0.15) is 42.1 Å². The van der Waals surface area contributed by atoms with Crippen molar-refractivity contribution >= 4 is 21.6 Å². The number of fused-ring (bicyclic) bond motifs is 3. The van der Waals surface area contributed by atoms with Gasteiger partial charge in [-0.3, -0.25) is 9.69 Å². The number of thiophene rings is 1. The molecule has 2 heterocycles. The number of H-pyrrole nitrogens is 1. The predicted molar refractivity (Wildman–Crippen MR) is 124 cm³/mol. The van der Waals surface area contributed by atoms with Gasteiger partial charge in [0.05, 0.1) is 31.2 Å². The van der Waals surface area contributed by atoms with E-state index in [2.05, 4.69) is 23.7 Å². The van der Waals surface area contributed by atoms with Crippen LogP contribution < -0.4 is 5.56 Å². The van der Waals surface area contributed by atoms with Gasteiger partial charge in [-0.2, -0.15) is 0 Å². The van der Waals surface area contributed by atoms with Crippen molar-refractivity contribution < 1.29 is 9.84 Å². The van der Waals surface area contributed by atoms with Gasteiger partial charge in [0.1, 0.15) is 10.7 Å². The van der Waals surface area contributed by atoms with Gasteiger partial charge < -0.3 is 14.8 Å². The minimum Gasteiger partial charge on any atom is -0.389 e. The number of aliphatic hydroxyl groups is 1. The Balaban J connectivity index is 1.40. The highest BCUT2D eigenvalue weighted by molar-refractivity contribution is 7.18. The molecule has 0 saturated carbocycles. The summed E-state index contributed by atoms with van der Waals surface area (Å²) in [4.78, 5) is 24.8. The topological polar surface area (TPSA) is 78.5 Å². The van der Waals surface area contributed by atoms with Gasteiger partial charge in [-0.1, -0.05) is 44.2 Å². The Bertz CT molecular complexity index is 1060. The van der Waals surface area contributed by atoms with Gasteiger partial charge in [-0.05, 0) is 36.3 Å². The summed E-state index contributed by atoms with van der Waals surface area (Å²) in [5, 5.41) is 11.3. The molecule has 0 fully saturated rings. The third-order valence-electron chi connectivity index (χ3n) is 5.51. The Morgan fingerprint density at radius 1 is 1.23 bits per heavy atom. The molecule has 7 heteroatoms. The van der Waals surface area contributed by atoms with E-state index in [0.29, 0.717) is 31.4 Å². The van der Waals surface area contributed by atoms with Gasteiger partial charge in [0, 0.05) is 18.0 Å². The second kappa shape index (κ2) is 10.0. The first-order valence-electron chi connectivity index (χ1n) is 11.0. The first kappa shape index (κ1) is 22.1. The summed E-state index contributed by atoms with van der Waals surface area (Å²) < 4.78 is 5.70. The summed E-state index contributed by atoms with van der Waals surface area (Å²) in [5.41, 5.74) is 2.26. The first-order valence-corrected chi connectivity index (χ1v) is 11.9. The third kappa shape index (κ3) is 5.60. The maximum absolute atomic E-state index is 12.7. The fourth-order valence-corrected chi connectivity index (χ4v) is 5.57. The summed E-state index contributed by atoms with van der Waals surface area (Å²) >= 11 is 1.66. The number of hydrogen-bond donors (Lipinski definition) is 2. The largest absolute Gasteiger partial charge is 0.389 e. The second-order valence-electron chi connectivity index (χ2n) is 8.79. The number of nitrogens with zero attached hydrogens (tertiary/aromatic N) is 2. The molecule has 0 radical (unpaired) electrons. The molecule has 1 aliphatic rings. The van der Waals surface area contributed by atoms with Gasteiger partial charge in [0.2, 0.25) is 0 Å². The molecule has 3 aromatic rings. The number of nitrogens with one attached hydrogen (secondary N) is 1. The van der Waals surface area contributed by atoms with Crippen molar-refractivity contribution in [3.05, 3.63) is 62.5 Å². The van der Waals surface area contributed by atoms with Gasteiger partial charge in [-0.15, -0.1) is 11.3 Å². The lowest BCUT2D eigenvalue weighted by Gasteiger charge is -2.26. The zero-order valence-electron chi connectivity index (χ0n) is 18.3. The van der Waals surface area contributed by atoms with Crippen LogP contribution in [0, 0.1) is 5.92 Å².